The number of halogens is 2. The Morgan fingerprint density at radius 1 is 1.13 bits per heavy atom. The summed E-state index contributed by atoms with van der Waals surface area (Å²) in [5, 5.41) is 21.5. The van der Waals surface area contributed by atoms with Gasteiger partial charge in [-0.1, -0.05) is 26.8 Å². The third-order valence-corrected chi connectivity index (χ3v) is 7.06. The number of methoxy groups -OCH3 is 1. The summed E-state index contributed by atoms with van der Waals surface area (Å²) in [5.41, 5.74) is 1.96. The minimum atomic E-state index is -0.750. The molecule has 4 rings (SSSR count). The Labute approximate surface area is 227 Å². The lowest BCUT2D eigenvalue weighted by molar-refractivity contribution is 0.0938. The van der Waals surface area contributed by atoms with E-state index in [0.29, 0.717) is 29.1 Å². The number of nitrogens with zero attached hydrogens (tertiary/aromatic N) is 5. The lowest BCUT2D eigenvalue weighted by Crippen LogP contribution is -2.45. The van der Waals surface area contributed by atoms with Crippen molar-refractivity contribution >= 4 is 5.91 Å². The van der Waals surface area contributed by atoms with Gasteiger partial charge >= 0.3 is 0 Å². The zero-order valence-electron chi connectivity index (χ0n) is 22.9. The Balaban J connectivity index is 1.75. The standard InChI is InChI=1S/C28H36F2N6O3/c1-5-34-10-12-35(13-11-34)17-19-6-7-20(14-23(19)30)36-26(32-33-27(36)28(38)31-9-8-29)22-15-21(18(2)3)25(39-4)16-24(22)37/h6-7,14-16,18,37H,5,8-13,17H2,1-4H3,(H,31,38). The Bertz CT molecular complexity index is 1300. The number of alkyl halides is 1. The molecule has 1 amide bonds. The minimum Gasteiger partial charge on any atom is -0.507 e. The summed E-state index contributed by atoms with van der Waals surface area (Å²) in [4.78, 5) is 17.5. The third-order valence-electron chi connectivity index (χ3n) is 7.06. The van der Waals surface area contributed by atoms with Crippen molar-refractivity contribution in [2.24, 2.45) is 0 Å². The molecule has 0 unspecified atom stereocenters. The van der Waals surface area contributed by atoms with E-state index in [0.717, 1.165) is 38.3 Å². The number of likely N-dealkylation sites (N-methyl/N-ethyl adjacent to an activating group) is 1. The van der Waals surface area contributed by atoms with E-state index in [-0.39, 0.29) is 29.9 Å². The average Bonchev–Trinajstić information content (AvgIpc) is 3.37. The molecule has 11 heteroatoms. The van der Waals surface area contributed by atoms with Gasteiger partial charge in [-0.25, -0.2) is 8.78 Å². The van der Waals surface area contributed by atoms with Gasteiger partial charge in [-0.3, -0.25) is 14.3 Å². The highest BCUT2D eigenvalue weighted by molar-refractivity contribution is 5.92. The van der Waals surface area contributed by atoms with Crippen LogP contribution in [0.15, 0.2) is 30.3 Å². The van der Waals surface area contributed by atoms with Gasteiger partial charge in [0.25, 0.3) is 5.91 Å². The summed E-state index contributed by atoms with van der Waals surface area (Å²) >= 11 is 0. The van der Waals surface area contributed by atoms with Crippen molar-refractivity contribution in [2.45, 2.75) is 33.2 Å². The first kappa shape index (κ1) is 28.4. The number of hydrogen-bond donors (Lipinski definition) is 2. The van der Waals surface area contributed by atoms with E-state index in [2.05, 4.69) is 32.2 Å². The fourth-order valence-corrected chi connectivity index (χ4v) is 4.79. The van der Waals surface area contributed by atoms with Crippen LogP contribution in [0.4, 0.5) is 8.78 Å². The molecule has 2 N–H and O–H groups in total. The first-order chi connectivity index (χ1) is 18.8. The minimum absolute atomic E-state index is 0.0546. The van der Waals surface area contributed by atoms with Crippen LogP contribution in [0.3, 0.4) is 0 Å². The Hall–Kier alpha value is -3.57. The van der Waals surface area contributed by atoms with Crippen LogP contribution >= 0.6 is 0 Å². The zero-order valence-corrected chi connectivity index (χ0v) is 22.9. The molecule has 3 aromatic rings. The van der Waals surface area contributed by atoms with E-state index in [4.69, 9.17) is 4.74 Å². The number of ether oxygens (including phenoxy) is 1. The molecule has 0 spiro atoms. The fourth-order valence-electron chi connectivity index (χ4n) is 4.79. The smallest absolute Gasteiger partial charge is 0.289 e. The van der Waals surface area contributed by atoms with Gasteiger partial charge in [0.1, 0.15) is 24.0 Å². The number of phenolic OH excluding ortho intramolecular Hbond substituents is 1. The average molecular weight is 543 g/mol. The van der Waals surface area contributed by atoms with Crippen molar-refractivity contribution in [3.05, 3.63) is 53.1 Å². The molecule has 0 saturated carbocycles. The monoisotopic (exact) mass is 542 g/mol. The number of aromatic hydroxyl groups is 1. The van der Waals surface area contributed by atoms with Gasteiger partial charge < -0.3 is 20.1 Å². The molecular formula is C28H36F2N6O3. The molecule has 1 fully saturated rings. The molecule has 0 aliphatic carbocycles. The van der Waals surface area contributed by atoms with Crippen molar-refractivity contribution < 1.29 is 23.4 Å². The van der Waals surface area contributed by atoms with Crippen LogP contribution in [0.1, 0.15) is 48.4 Å². The summed E-state index contributed by atoms with van der Waals surface area (Å²) in [7, 11) is 1.52. The zero-order chi connectivity index (χ0) is 28.1. The highest BCUT2D eigenvalue weighted by Gasteiger charge is 2.25. The maximum absolute atomic E-state index is 15.5. The van der Waals surface area contributed by atoms with E-state index < -0.39 is 18.4 Å². The SMILES string of the molecule is CCN1CCN(Cc2ccc(-n3c(C(=O)NCCF)nnc3-c3cc(C(C)C)c(OC)cc3O)cc2F)CC1. The molecule has 1 aromatic heterocycles. The number of carbonyl (C=O) groups excluding carboxylic acids is 1. The molecule has 1 aliphatic rings. The van der Waals surface area contributed by atoms with E-state index in [9.17, 15) is 14.3 Å². The number of carbonyl (C=O) groups is 1. The molecule has 2 aromatic carbocycles. The van der Waals surface area contributed by atoms with Crippen molar-refractivity contribution in [1.82, 2.24) is 29.9 Å². The maximum Gasteiger partial charge on any atom is 0.289 e. The number of piperazine rings is 1. The summed E-state index contributed by atoms with van der Waals surface area (Å²) in [6.45, 7) is 10.2. The number of nitrogens with one attached hydrogen (secondary N) is 1. The Morgan fingerprint density at radius 3 is 2.46 bits per heavy atom. The molecule has 1 aliphatic heterocycles. The van der Waals surface area contributed by atoms with E-state index >= 15 is 4.39 Å². The number of hydrogen-bond acceptors (Lipinski definition) is 7. The van der Waals surface area contributed by atoms with Crippen LogP contribution in [0.2, 0.25) is 0 Å². The van der Waals surface area contributed by atoms with Gasteiger partial charge in [0.2, 0.25) is 5.82 Å². The predicted molar refractivity (Wildman–Crippen MR) is 145 cm³/mol. The summed E-state index contributed by atoms with van der Waals surface area (Å²) < 4.78 is 35.0. The van der Waals surface area contributed by atoms with Crippen LogP contribution in [0.25, 0.3) is 17.1 Å². The highest BCUT2D eigenvalue weighted by atomic mass is 19.1. The molecule has 0 radical (unpaired) electrons. The normalized spacial score (nSPS) is 14.6. The molecule has 2 heterocycles. The number of phenols is 1. The lowest BCUT2D eigenvalue weighted by atomic mass is 9.98. The van der Waals surface area contributed by atoms with E-state index in [1.165, 1.54) is 23.8 Å². The first-order valence-electron chi connectivity index (χ1n) is 13.2. The van der Waals surface area contributed by atoms with Gasteiger partial charge in [0, 0.05) is 50.9 Å². The maximum atomic E-state index is 15.5. The van der Waals surface area contributed by atoms with Crippen LogP contribution in [0.5, 0.6) is 11.5 Å². The first-order valence-corrected chi connectivity index (χ1v) is 13.2. The van der Waals surface area contributed by atoms with Gasteiger partial charge in [-0.05, 0) is 36.2 Å². The van der Waals surface area contributed by atoms with Crippen LogP contribution in [-0.4, -0.2) is 88.6 Å². The molecule has 0 bridgehead atoms. The quantitative estimate of drug-likeness (QED) is 0.403. The lowest BCUT2D eigenvalue weighted by Gasteiger charge is -2.34. The van der Waals surface area contributed by atoms with Crippen LogP contribution in [0, 0.1) is 5.82 Å². The van der Waals surface area contributed by atoms with Gasteiger partial charge in [-0.15, -0.1) is 10.2 Å². The van der Waals surface area contributed by atoms with Gasteiger partial charge in [0.05, 0.1) is 18.4 Å². The van der Waals surface area contributed by atoms with Gasteiger partial charge in [0.15, 0.2) is 5.82 Å². The molecule has 1 saturated heterocycles. The Kier molecular flexibility index (Phi) is 9.13. The largest absolute Gasteiger partial charge is 0.507 e. The van der Waals surface area contributed by atoms with Crippen LogP contribution < -0.4 is 10.1 Å². The topological polar surface area (TPSA) is 95.8 Å². The third kappa shape index (κ3) is 6.20. The summed E-state index contributed by atoms with van der Waals surface area (Å²) in [6.07, 6.45) is 0. The molecule has 39 heavy (non-hydrogen) atoms. The predicted octanol–water partition coefficient (Wildman–Crippen LogP) is 3.75. The molecule has 210 valence electrons. The van der Waals surface area contributed by atoms with Crippen LogP contribution in [-0.2, 0) is 6.54 Å². The van der Waals surface area contributed by atoms with Crippen molar-refractivity contribution in [1.29, 1.82) is 0 Å². The number of aromatic nitrogens is 3. The molecule has 9 nitrogen and oxygen atoms in total. The van der Waals surface area contributed by atoms with Crippen molar-refractivity contribution in [3.8, 4) is 28.6 Å². The second kappa shape index (κ2) is 12.5. The summed E-state index contributed by atoms with van der Waals surface area (Å²) in [6, 6.07) is 7.93. The summed E-state index contributed by atoms with van der Waals surface area (Å²) in [5.74, 6) is -0.673. The van der Waals surface area contributed by atoms with Gasteiger partial charge in [-0.2, -0.15) is 0 Å². The second-order valence-corrected chi connectivity index (χ2v) is 9.88. The molecular weight excluding hydrogens is 506 g/mol. The molecule has 0 atom stereocenters. The number of amides is 1. The fraction of sp³-hybridized carbons (Fsp3) is 0.464. The highest BCUT2D eigenvalue weighted by Crippen LogP contribution is 2.38. The number of benzene rings is 2. The second-order valence-electron chi connectivity index (χ2n) is 9.88. The number of rotatable bonds is 10. The van der Waals surface area contributed by atoms with Crippen molar-refractivity contribution in [3.63, 3.8) is 0 Å². The van der Waals surface area contributed by atoms with Crippen molar-refractivity contribution in [2.75, 3.05) is 53.1 Å². The van der Waals surface area contributed by atoms with E-state index in [1.807, 2.05) is 13.8 Å². The Morgan fingerprint density at radius 2 is 1.85 bits per heavy atom. The van der Waals surface area contributed by atoms with E-state index in [1.54, 1.807) is 18.2 Å².